The lowest BCUT2D eigenvalue weighted by Gasteiger charge is -2.16. The minimum absolute atomic E-state index is 0.325. The molecule has 0 unspecified atom stereocenters. The zero-order valence-corrected chi connectivity index (χ0v) is 53.6. The second kappa shape index (κ2) is 27.8. The van der Waals surface area contributed by atoms with E-state index in [1.807, 2.05) is 116 Å². The van der Waals surface area contributed by atoms with Crippen molar-refractivity contribution >= 4 is 0 Å². The summed E-state index contributed by atoms with van der Waals surface area (Å²) in [7, 11) is 8.17. The molecule has 0 atom stereocenters. The number of hydrogen-bond donors (Lipinski definition) is 0. The van der Waals surface area contributed by atoms with Gasteiger partial charge in [0.1, 0.15) is 28.2 Å². The van der Waals surface area contributed by atoms with Crippen LogP contribution in [0.5, 0.6) is 0 Å². The molecule has 0 saturated heterocycles. The normalized spacial score (nSPS) is 13.7. The molecule has 8 aromatic rings. The van der Waals surface area contributed by atoms with E-state index in [0.717, 1.165) is 55.9 Å². The maximum Gasteiger partial charge on any atom is 0.212 e. The molecule has 0 aliphatic carbocycles. The van der Waals surface area contributed by atoms with Gasteiger partial charge >= 0.3 is 0 Å². The number of nitrogens with zero attached hydrogens (tertiary/aromatic N) is 4. The smallest absolute Gasteiger partial charge is 0.201 e. The van der Waals surface area contributed by atoms with Crippen molar-refractivity contribution in [1.82, 2.24) is 0 Å². The number of hydrogen-bond acceptors (Lipinski definition) is 0. The molecule has 0 aliphatic heterocycles. The Labute approximate surface area is 500 Å². The van der Waals surface area contributed by atoms with E-state index in [-0.39, 0.29) is 0 Å². The molecule has 4 heterocycles. The highest BCUT2D eigenvalue weighted by Crippen LogP contribution is 2.33. The first-order valence-electron chi connectivity index (χ1n) is 33.2. The van der Waals surface area contributed by atoms with Crippen molar-refractivity contribution in [3.8, 4) is 45.0 Å². The highest BCUT2D eigenvalue weighted by atomic mass is 14.9. The van der Waals surface area contributed by atoms with E-state index in [0.29, 0.717) is 28.9 Å². The quantitative estimate of drug-likeness (QED) is 0.121. The van der Waals surface area contributed by atoms with Crippen molar-refractivity contribution in [2.24, 2.45) is 28.2 Å². The van der Waals surface area contributed by atoms with E-state index in [1.54, 1.807) is 24.3 Å². The van der Waals surface area contributed by atoms with Crippen molar-refractivity contribution in [1.29, 1.82) is 0 Å². The lowest BCUT2D eigenvalue weighted by molar-refractivity contribution is -0.661. The highest BCUT2D eigenvalue weighted by Gasteiger charge is 2.23. The van der Waals surface area contributed by atoms with Gasteiger partial charge in [-0.05, 0) is 173 Å². The lowest BCUT2D eigenvalue weighted by Crippen LogP contribution is -2.32. The summed E-state index contributed by atoms with van der Waals surface area (Å²) in [6.07, 6.45) is 8.50. The molecule has 4 nitrogen and oxygen atoms in total. The molecule has 0 amide bonds. The summed E-state index contributed by atoms with van der Waals surface area (Å²) >= 11 is 0. The van der Waals surface area contributed by atoms with E-state index in [9.17, 15) is 0 Å². The maximum atomic E-state index is 8.53. The molecule has 424 valence electrons. The molecule has 0 N–H and O–H groups in total. The number of benzene rings is 4. The first kappa shape index (κ1) is 51.6. The molecular formula is C76H104N4+4. The van der Waals surface area contributed by atoms with E-state index in [1.165, 1.54) is 67.0 Å². The van der Waals surface area contributed by atoms with Crippen LogP contribution < -0.4 is 18.3 Å². The van der Waals surface area contributed by atoms with Crippen LogP contribution >= 0.6 is 0 Å². The SMILES string of the molecule is Cc1ccc(-c2cc(C(C)C)c(C(C)C)c[n+]2C)c(C)c1.Cc1ccc(-c2cc(C)c(C(C)C)c[n+]2C)c(C)c1.[2H]C([2H])([2H])c1ccc(-c2cc(C([2H])(C)C)c(C([2H])(C)C)c[n+]2C)c(C)c1.[2H]C([2H])([2H])c1ccc(-c2cc(C)c(C([2H])(C)C)c[n+]2C)c(C)c1. The van der Waals surface area contributed by atoms with Gasteiger partial charge in [0.2, 0.25) is 22.8 Å². The monoisotopic (exact) mass is 1080 g/mol. The zero-order valence-electron chi connectivity index (χ0n) is 62.6. The molecule has 0 aliphatic rings. The average Bonchev–Trinajstić information content (AvgIpc) is 1.70. The predicted octanol–water partition coefficient (Wildman–Crippen LogP) is 18.5. The third kappa shape index (κ3) is 15.9. The Morgan fingerprint density at radius 1 is 0.287 bits per heavy atom. The molecule has 80 heavy (non-hydrogen) atoms. The Balaban J connectivity index is 0.000000217. The third-order valence-electron chi connectivity index (χ3n) is 15.4. The minimum Gasteiger partial charge on any atom is -0.201 e. The third-order valence-corrected chi connectivity index (χ3v) is 15.4. The Hall–Kier alpha value is -6.52. The van der Waals surface area contributed by atoms with Gasteiger partial charge in [0.05, 0.1) is 0 Å². The predicted molar refractivity (Wildman–Crippen MR) is 344 cm³/mol. The fraction of sp³-hybridized carbons (Fsp3) is 0.421. The first-order valence-corrected chi connectivity index (χ1v) is 28.7. The Kier molecular flexibility index (Phi) is 17.9. The summed E-state index contributed by atoms with van der Waals surface area (Å²) in [4.78, 5) is 0. The summed E-state index contributed by atoms with van der Waals surface area (Å²) in [5.41, 5.74) is 26.4. The molecule has 4 heteroatoms. The van der Waals surface area contributed by atoms with Crippen LogP contribution in [0, 0.1) is 69.1 Å². The Bertz CT molecular complexity index is 3830. The molecule has 0 fully saturated rings. The van der Waals surface area contributed by atoms with Crippen LogP contribution in [-0.2, 0) is 28.2 Å². The van der Waals surface area contributed by atoms with Crippen molar-refractivity contribution in [3.05, 3.63) is 211 Å². The fourth-order valence-electron chi connectivity index (χ4n) is 11.0. The van der Waals surface area contributed by atoms with Gasteiger partial charge in [-0.15, -0.1) is 0 Å². The van der Waals surface area contributed by atoms with Gasteiger partial charge in [-0.1, -0.05) is 154 Å². The molecule has 0 spiro atoms. The summed E-state index contributed by atoms with van der Waals surface area (Å²) in [6.45, 7) is 37.2. The van der Waals surface area contributed by atoms with Crippen molar-refractivity contribution in [2.75, 3.05) is 0 Å². The fourth-order valence-corrected chi connectivity index (χ4v) is 11.0. The van der Waals surface area contributed by atoms with Crippen LogP contribution in [0.3, 0.4) is 0 Å². The molecular weight excluding hydrogens is 969 g/mol. The van der Waals surface area contributed by atoms with Gasteiger partial charge in [-0.2, -0.15) is 0 Å². The van der Waals surface area contributed by atoms with E-state index in [4.69, 9.17) is 12.3 Å². The largest absolute Gasteiger partial charge is 0.212 e. The van der Waals surface area contributed by atoms with Crippen molar-refractivity contribution in [3.63, 3.8) is 0 Å². The number of aromatic nitrogens is 4. The van der Waals surface area contributed by atoms with Crippen LogP contribution in [0.4, 0.5) is 0 Å². The topological polar surface area (TPSA) is 15.5 Å². The summed E-state index contributed by atoms with van der Waals surface area (Å²) in [6, 6.07) is 32.6. The van der Waals surface area contributed by atoms with Crippen molar-refractivity contribution in [2.45, 2.75) is 188 Å². The minimum atomic E-state index is -2.13. The second-order valence-electron chi connectivity index (χ2n) is 24.2. The maximum absolute atomic E-state index is 8.53. The van der Waals surface area contributed by atoms with Crippen LogP contribution in [0.1, 0.15) is 220 Å². The molecule has 0 saturated carbocycles. The summed E-state index contributed by atoms with van der Waals surface area (Å²) in [5.74, 6) is -0.636. The molecule has 0 bridgehead atoms. The van der Waals surface area contributed by atoms with Crippen LogP contribution in [0.2, 0.25) is 0 Å². The first-order chi connectivity index (χ1) is 40.7. The molecule has 0 radical (unpaired) electrons. The Morgan fingerprint density at radius 2 is 0.562 bits per heavy atom. The van der Waals surface area contributed by atoms with Gasteiger partial charge in [-0.3, -0.25) is 0 Å². The van der Waals surface area contributed by atoms with E-state index < -0.39 is 31.4 Å². The highest BCUT2D eigenvalue weighted by molar-refractivity contribution is 5.65. The van der Waals surface area contributed by atoms with Gasteiger partial charge in [0, 0.05) is 81.1 Å². The zero-order chi connectivity index (χ0) is 67.5. The van der Waals surface area contributed by atoms with Crippen LogP contribution in [0.25, 0.3) is 45.0 Å². The number of pyridine rings is 4. The van der Waals surface area contributed by atoms with Gasteiger partial charge in [0.15, 0.2) is 24.8 Å². The molecule has 8 rings (SSSR count). The average molecular weight is 1080 g/mol. The van der Waals surface area contributed by atoms with Gasteiger partial charge in [-0.25, -0.2) is 18.3 Å². The molecule has 4 aromatic carbocycles. The van der Waals surface area contributed by atoms with Crippen LogP contribution in [0.15, 0.2) is 122 Å². The number of aryl methyl sites for hydroxylation is 14. The van der Waals surface area contributed by atoms with E-state index in [2.05, 4.69) is 166 Å². The standard InChI is InChI=1S/2C20H28N.2C18H24N/c2*1-13(2)18-11-20(21(7)12-19(18)14(3)4)17-9-8-15(5)10-16(17)6;2*1-12(2)17-11-19(6)18(10-15(17)5)16-8-7-13(3)9-14(16)4/h2*8-14H,1-7H3;2*7-12H,1-6H3/q4*+1/i5D3,13D,14D;;3D3,12D;. The Morgan fingerprint density at radius 3 is 0.887 bits per heavy atom. The lowest BCUT2D eigenvalue weighted by atomic mass is 9.90. The second-order valence-corrected chi connectivity index (χ2v) is 24.2. The number of rotatable bonds is 10. The van der Waals surface area contributed by atoms with Gasteiger partial charge < -0.3 is 0 Å². The summed E-state index contributed by atoms with van der Waals surface area (Å²) < 4.78 is 79.0. The summed E-state index contributed by atoms with van der Waals surface area (Å²) in [5, 5.41) is 0. The molecule has 4 aromatic heterocycles. The van der Waals surface area contributed by atoms with E-state index >= 15 is 0 Å². The van der Waals surface area contributed by atoms with Crippen molar-refractivity contribution < 1.29 is 30.6 Å². The van der Waals surface area contributed by atoms with Crippen LogP contribution in [-0.4, -0.2) is 0 Å². The van der Waals surface area contributed by atoms with Gasteiger partial charge in [0.25, 0.3) is 0 Å².